The van der Waals surface area contributed by atoms with Crippen LogP contribution in [0.25, 0.3) is 0 Å². The zero-order chi connectivity index (χ0) is 15.5. The van der Waals surface area contributed by atoms with Crippen LogP contribution in [0.15, 0.2) is 16.3 Å². The molecule has 1 aromatic heterocycles. The predicted molar refractivity (Wildman–Crippen MR) is 87.2 cm³/mol. The molecule has 7 heteroatoms. The van der Waals surface area contributed by atoms with Gasteiger partial charge in [-0.15, -0.1) is 11.3 Å². The third kappa shape index (κ3) is 5.03. The Kier molecular flexibility index (Phi) is 5.79. The van der Waals surface area contributed by atoms with E-state index in [-0.39, 0.29) is 0 Å². The van der Waals surface area contributed by atoms with Gasteiger partial charge in [-0.25, -0.2) is 12.7 Å². The van der Waals surface area contributed by atoms with E-state index in [1.807, 2.05) is 14.1 Å². The maximum Gasteiger partial charge on any atom is 0.243 e. The van der Waals surface area contributed by atoms with Crippen molar-refractivity contribution >= 4 is 21.4 Å². The maximum atomic E-state index is 12.5. The van der Waals surface area contributed by atoms with E-state index in [2.05, 4.69) is 10.2 Å². The van der Waals surface area contributed by atoms with Gasteiger partial charge in [0.05, 0.1) is 4.90 Å². The Bertz CT molecular complexity index is 550. The molecule has 1 fully saturated rings. The number of thiophene rings is 1. The summed E-state index contributed by atoms with van der Waals surface area (Å²) in [6.07, 6.45) is 3.32. The van der Waals surface area contributed by atoms with Crippen molar-refractivity contribution in [1.29, 1.82) is 0 Å². The third-order valence-electron chi connectivity index (χ3n) is 3.56. The van der Waals surface area contributed by atoms with Crippen molar-refractivity contribution in [3.8, 4) is 0 Å². The van der Waals surface area contributed by atoms with Crippen molar-refractivity contribution in [3.63, 3.8) is 0 Å². The zero-order valence-electron chi connectivity index (χ0n) is 13.0. The van der Waals surface area contributed by atoms with Gasteiger partial charge in [0, 0.05) is 36.4 Å². The SMILES string of the molecule is CN(C)CCCN(C)S(=O)(=O)c1csc(CNC2CC2)c1. The Morgan fingerprint density at radius 2 is 2.00 bits per heavy atom. The maximum absolute atomic E-state index is 12.5. The van der Waals surface area contributed by atoms with Crippen LogP contribution in [-0.4, -0.2) is 57.9 Å². The first-order valence-electron chi connectivity index (χ1n) is 7.31. The topological polar surface area (TPSA) is 52.7 Å². The molecular formula is C14H25N3O2S2. The van der Waals surface area contributed by atoms with Gasteiger partial charge in [-0.2, -0.15) is 0 Å². The fraction of sp³-hybridized carbons (Fsp3) is 0.714. The standard InChI is InChI=1S/C14H25N3O2S2/c1-16(2)7-4-8-17(3)21(18,19)14-9-13(20-11-14)10-15-12-5-6-12/h9,11-12,15H,4-8,10H2,1-3H3. The van der Waals surface area contributed by atoms with Crippen LogP contribution in [0.5, 0.6) is 0 Å². The molecule has 1 N–H and O–H groups in total. The summed E-state index contributed by atoms with van der Waals surface area (Å²) in [5.74, 6) is 0. The first-order valence-corrected chi connectivity index (χ1v) is 9.63. The lowest BCUT2D eigenvalue weighted by Crippen LogP contribution is -2.29. The molecule has 1 aliphatic carbocycles. The molecule has 0 aromatic carbocycles. The van der Waals surface area contributed by atoms with Crippen molar-refractivity contribution < 1.29 is 8.42 Å². The van der Waals surface area contributed by atoms with Gasteiger partial charge >= 0.3 is 0 Å². The summed E-state index contributed by atoms with van der Waals surface area (Å²) < 4.78 is 26.4. The monoisotopic (exact) mass is 331 g/mol. The molecule has 0 saturated heterocycles. The van der Waals surface area contributed by atoms with E-state index >= 15 is 0 Å². The largest absolute Gasteiger partial charge is 0.309 e. The predicted octanol–water partition coefficient (Wildman–Crippen LogP) is 1.57. The fourth-order valence-corrected chi connectivity index (χ4v) is 4.45. The van der Waals surface area contributed by atoms with Crippen molar-refractivity contribution in [2.24, 2.45) is 0 Å². The Labute approximate surface area is 132 Å². The number of hydrogen-bond acceptors (Lipinski definition) is 5. The summed E-state index contributed by atoms with van der Waals surface area (Å²) in [6.45, 7) is 2.21. The van der Waals surface area contributed by atoms with Crippen molar-refractivity contribution in [3.05, 3.63) is 16.3 Å². The average Bonchev–Trinajstić information content (AvgIpc) is 3.12. The van der Waals surface area contributed by atoms with Crippen LogP contribution in [-0.2, 0) is 16.6 Å². The van der Waals surface area contributed by atoms with Gasteiger partial charge in [-0.3, -0.25) is 0 Å². The van der Waals surface area contributed by atoms with Gasteiger partial charge < -0.3 is 10.2 Å². The second-order valence-electron chi connectivity index (χ2n) is 5.89. The summed E-state index contributed by atoms with van der Waals surface area (Å²) in [7, 11) is 2.30. The normalized spacial score (nSPS) is 16.0. The molecule has 0 atom stereocenters. The van der Waals surface area contributed by atoms with Gasteiger partial charge in [0.1, 0.15) is 0 Å². The van der Waals surface area contributed by atoms with E-state index in [1.54, 1.807) is 18.5 Å². The van der Waals surface area contributed by atoms with Crippen LogP contribution in [0.4, 0.5) is 0 Å². The summed E-state index contributed by atoms with van der Waals surface area (Å²) in [6, 6.07) is 2.44. The fourth-order valence-electron chi connectivity index (χ4n) is 2.03. The van der Waals surface area contributed by atoms with Gasteiger partial charge in [0.25, 0.3) is 0 Å². The summed E-state index contributed by atoms with van der Waals surface area (Å²) in [5, 5.41) is 5.16. The molecule has 120 valence electrons. The molecule has 0 amide bonds. The molecule has 0 radical (unpaired) electrons. The van der Waals surface area contributed by atoms with Crippen LogP contribution in [0.2, 0.25) is 0 Å². The molecule has 0 bridgehead atoms. The molecule has 21 heavy (non-hydrogen) atoms. The van der Waals surface area contributed by atoms with Crippen LogP contribution in [0.3, 0.4) is 0 Å². The first-order chi connectivity index (χ1) is 9.89. The summed E-state index contributed by atoms with van der Waals surface area (Å²) >= 11 is 1.52. The minimum Gasteiger partial charge on any atom is -0.309 e. The quantitative estimate of drug-likeness (QED) is 0.746. The van der Waals surface area contributed by atoms with Crippen LogP contribution < -0.4 is 5.32 Å². The minimum absolute atomic E-state index is 0.424. The van der Waals surface area contributed by atoms with Crippen LogP contribution in [0, 0.1) is 0 Å². The molecule has 1 heterocycles. The second kappa shape index (κ2) is 7.19. The van der Waals surface area contributed by atoms with Gasteiger partial charge in [0.2, 0.25) is 10.0 Å². The molecule has 0 unspecified atom stereocenters. The molecule has 1 aromatic rings. The van der Waals surface area contributed by atoms with Crippen LogP contribution in [0.1, 0.15) is 24.1 Å². The highest BCUT2D eigenvalue weighted by Crippen LogP contribution is 2.24. The first kappa shape index (κ1) is 16.9. The zero-order valence-corrected chi connectivity index (χ0v) is 14.6. The number of nitrogens with one attached hydrogen (secondary N) is 1. The lowest BCUT2D eigenvalue weighted by atomic mass is 10.4. The highest BCUT2D eigenvalue weighted by molar-refractivity contribution is 7.89. The molecule has 1 aliphatic rings. The lowest BCUT2D eigenvalue weighted by Gasteiger charge is -2.17. The Balaban J connectivity index is 1.90. The van der Waals surface area contributed by atoms with Gasteiger partial charge in [-0.05, 0) is 46.0 Å². The molecule has 5 nitrogen and oxygen atoms in total. The average molecular weight is 332 g/mol. The number of hydrogen-bond donors (Lipinski definition) is 1. The van der Waals surface area contributed by atoms with Gasteiger partial charge in [-0.1, -0.05) is 0 Å². The smallest absolute Gasteiger partial charge is 0.243 e. The van der Waals surface area contributed by atoms with Crippen molar-refractivity contribution in [1.82, 2.24) is 14.5 Å². The van der Waals surface area contributed by atoms with E-state index in [9.17, 15) is 8.42 Å². The van der Waals surface area contributed by atoms with E-state index in [4.69, 9.17) is 0 Å². The molecule has 0 aliphatic heterocycles. The summed E-state index contributed by atoms with van der Waals surface area (Å²) in [5.41, 5.74) is 0. The Morgan fingerprint density at radius 1 is 1.29 bits per heavy atom. The molecule has 1 saturated carbocycles. The van der Waals surface area contributed by atoms with E-state index in [1.165, 1.54) is 28.5 Å². The van der Waals surface area contributed by atoms with Crippen LogP contribution >= 0.6 is 11.3 Å². The van der Waals surface area contributed by atoms with Crippen molar-refractivity contribution in [2.45, 2.75) is 36.7 Å². The second-order valence-corrected chi connectivity index (χ2v) is 8.93. The molecule has 2 rings (SSSR count). The lowest BCUT2D eigenvalue weighted by molar-refractivity contribution is 0.370. The Hall–Kier alpha value is -0.470. The van der Waals surface area contributed by atoms with Gasteiger partial charge in [0.15, 0.2) is 0 Å². The highest BCUT2D eigenvalue weighted by atomic mass is 32.2. The molecular weight excluding hydrogens is 306 g/mol. The number of rotatable bonds is 9. The van der Waals surface area contributed by atoms with E-state index in [0.29, 0.717) is 17.5 Å². The molecule has 0 spiro atoms. The van der Waals surface area contributed by atoms with E-state index in [0.717, 1.165) is 24.4 Å². The van der Waals surface area contributed by atoms with E-state index < -0.39 is 10.0 Å². The highest BCUT2D eigenvalue weighted by Gasteiger charge is 2.23. The number of sulfonamides is 1. The third-order valence-corrected chi connectivity index (χ3v) is 6.48. The number of nitrogens with zero attached hydrogens (tertiary/aromatic N) is 2. The summed E-state index contributed by atoms with van der Waals surface area (Å²) in [4.78, 5) is 3.57. The Morgan fingerprint density at radius 3 is 2.62 bits per heavy atom. The minimum atomic E-state index is -3.34. The van der Waals surface area contributed by atoms with Crippen molar-refractivity contribution in [2.75, 3.05) is 34.2 Å².